The van der Waals surface area contributed by atoms with Gasteiger partial charge in [0.2, 0.25) is 0 Å². The minimum Gasteiger partial charge on any atom is -0.493 e. The normalized spacial score (nSPS) is 10.6. The first kappa shape index (κ1) is 19.0. The number of unbranched alkanes of at least 4 members (excludes halogenated alkanes) is 5. The lowest BCUT2D eigenvalue weighted by Crippen LogP contribution is -2.01. The Hall–Kier alpha value is -2.36. The van der Waals surface area contributed by atoms with Gasteiger partial charge in [-0.1, -0.05) is 43.9 Å². The van der Waals surface area contributed by atoms with Gasteiger partial charge in [0.15, 0.2) is 0 Å². The number of hydrogen-bond donors (Lipinski definition) is 2. The Morgan fingerprint density at radius 2 is 1.16 bits per heavy atom. The van der Waals surface area contributed by atoms with Crippen LogP contribution in [0.4, 0.5) is 11.4 Å². The Balaban J connectivity index is 1.46. The highest BCUT2D eigenvalue weighted by Crippen LogP contribution is 2.23. The van der Waals surface area contributed by atoms with E-state index in [9.17, 15) is 0 Å². The molecule has 4 nitrogen and oxygen atoms in total. The third-order valence-electron chi connectivity index (χ3n) is 4.30. The molecule has 0 amide bonds. The Labute approximate surface area is 151 Å². The van der Waals surface area contributed by atoms with Crippen LogP contribution in [0.2, 0.25) is 0 Å². The van der Waals surface area contributed by atoms with E-state index < -0.39 is 0 Å². The van der Waals surface area contributed by atoms with Crippen molar-refractivity contribution in [2.45, 2.75) is 45.4 Å². The molecule has 4 heteroatoms. The van der Waals surface area contributed by atoms with E-state index in [1.54, 1.807) is 0 Å². The highest BCUT2D eigenvalue weighted by atomic mass is 16.5. The SMILES string of the molecule is Cc1c(N)cccc1OCCCCCCCCOc1ccccc1N. The smallest absolute Gasteiger partial charge is 0.142 e. The molecule has 4 N–H and O–H groups in total. The highest BCUT2D eigenvalue weighted by Gasteiger charge is 2.02. The maximum absolute atomic E-state index is 5.88. The van der Waals surface area contributed by atoms with Gasteiger partial charge in [0.25, 0.3) is 0 Å². The summed E-state index contributed by atoms with van der Waals surface area (Å²) in [5.41, 5.74) is 14.2. The van der Waals surface area contributed by atoms with Crippen LogP contribution in [-0.2, 0) is 0 Å². The van der Waals surface area contributed by atoms with Gasteiger partial charge in [-0.15, -0.1) is 0 Å². The first-order valence-electron chi connectivity index (χ1n) is 9.13. The molecule has 0 aliphatic carbocycles. The van der Waals surface area contributed by atoms with Gasteiger partial charge in [-0.05, 0) is 44.0 Å². The Morgan fingerprint density at radius 3 is 1.84 bits per heavy atom. The van der Waals surface area contributed by atoms with E-state index in [0.717, 1.165) is 48.8 Å². The summed E-state index contributed by atoms with van der Waals surface area (Å²) in [4.78, 5) is 0. The predicted octanol–water partition coefficient (Wildman–Crippen LogP) is 4.96. The number of benzene rings is 2. The van der Waals surface area contributed by atoms with Gasteiger partial charge in [-0.25, -0.2) is 0 Å². The lowest BCUT2D eigenvalue weighted by Gasteiger charge is -2.10. The number of rotatable bonds is 11. The van der Waals surface area contributed by atoms with Crippen LogP contribution in [0.3, 0.4) is 0 Å². The zero-order chi connectivity index (χ0) is 17.9. The van der Waals surface area contributed by atoms with Crippen LogP contribution < -0.4 is 20.9 Å². The number of hydrogen-bond acceptors (Lipinski definition) is 4. The summed E-state index contributed by atoms with van der Waals surface area (Å²) >= 11 is 0. The Morgan fingerprint density at radius 1 is 0.640 bits per heavy atom. The summed E-state index contributed by atoms with van der Waals surface area (Å²) in [6.07, 6.45) is 6.96. The molecule has 0 fully saturated rings. The molecule has 0 aliphatic heterocycles. The van der Waals surface area contributed by atoms with Gasteiger partial charge in [0.05, 0.1) is 18.9 Å². The average molecular weight is 342 g/mol. The zero-order valence-corrected chi connectivity index (χ0v) is 15.2. The number of anilines is 2. The fourth-order valence-corrected chi connectivity index (χ4v) is 2.68. The van der Waals surface area contributed by atoms with Crippen molar-refractivity contribution in [3.05, 3.63) is 48.0 Å². The van der Waals surface area contributed by atoms with E-state index in [0.29, 0.717) is 5.69 Å². The maximum Gasteiger partial charge on any atom is 0.142 e. The van der Waals surface area contributed by atoms with Gasteiger partial charge in [0.1, 0.15) is 11.5 Å². The van der Waals surface area contributed by atoms with Gasteiger partial charge in [0, 0.05) is 11.3 Å². The Kier molecular flexibility index (Phi) is 7.96. The third kappa shape index (κ3) is 6.57. The summed E-state index contributed by atoms with van der Waals surface area (Å²) < 4.78 is 11.5. The van der Waals surface area contributed by atoms with Crippen LogP contribution in [0.5, 0.6) is 11.5 Å². The van der Waals surface area contributed by atoms with Crippen LogP contribution in [0.1, 0.15) is 44.1 Å². The van der Waals surface area contributed by atoms with Crippen molar-refractivity contribution in [1.29, 1.82) is 0 Å². The van der Waals surface area contributed by atoms with Gasteiger partial charge >= 0.3 is 0 Å². The lowest BCUT2D eigenvalue weighted by atomic mass is 10.1. The molecule has 2 aromatic carbocycles. The first-order valence-corrected chi connectivity index (χ1v) is 9.13. The van der Waals surface area contributed by atoms with Gasteiger partial charge in [-0.2, -0.15) is 0 Å². The summed E-state index contributed by atoms with van der Waals surface area (Å²) in [7, 11) is 0. The van der Waals surface area contributed by atoms with Crippen molar-refractivity contribution < 1.29 is 9.47 Å². The predicted molar refractivity (Wildman–Crippen MR) is 105 cm³/mol. The molecular weight excluding hydrogens is 312 g/mol. The van der Waals surface area contributed by atoms with Gasteiger partial charge in [-0.3, -0.25) is 0 Å². The molecule has 0 radical (unpaired) electrons. The number of nitrogen functional groups attached to an aromatic ring is 2. The topological polar surface area (TPSA) is 70.5 Å². The molecule has 0 saturated carbocycles. The van der Waals surface area contributed by atoms with E-state index in [1.807, 2.05) is 49.4 Å². The fourth-order valence-electron chi connectivity index (χ4n) is 2.68. The minimum atomic E-state index is 0.706. The van der Waals surface area contributed by atoms with Crippen LogP contribution in [0, 0.1) is 6.92 Å². The van der Waals surface area contributed by atoms with Crippen molar-refractivity contribution in [2.24, 2.45) is 0 Å². The Bertz CT molecular complexity index is 644. The van der Waals surface area contributed by atoms with Crippen LogP contribution in [0.25, 0.3) is 0 Å². The molecule has 2 rings (SSSR count). The van der Waals surface area contributed by atoms with E-state index >= 15 is 0 Å². The second-order valence-corrected chi connectivity index (χ2v) is 6.33. The molecular formula is C21H30N2O2. The van der Waals surface area contributed by atoms with Gasteiger partial charge < -0.3 is 20.9 Å². The largest absolute Gasteiger partial charge is 0.493 e. The molecule has 25 heavy (non-hydrogen) atoms. The summed E-state index contributed by atoms with van der Waals surface area (Å²) in [6.45, 7) is 3.47. The quantitative estimate of drug-likeness (QED) is 0.447. The summed E-state index contributed by atoms with van der Waals surface area (Å²) in [5, 5.41) is 0. The van der Waals surface area contributed by atoms with Crippen molar-refractivity contribution in [3.63, 3.8) is 0 Å². The van der Waals surface area contributed by atoms with Crippen LogP contribution in [0.15, 0.2) is 42.5 Å². The van der Waals surface area contributed by atoms with E-state index in [2.05, 4.69) is 0 Å². The monoisotopic (exact) mass is 342 g/mol. The molecule has 0 saturated heterocycles. The zero-order valence-electron chi connectivity index (χ0n) is 15.2. The standard InChI is InChI=1S/C21H30N2O2/c1-17-18(22)12-10-14-20(17)24-15-8-4-2-3-5-9-16-25-21-13-7-6-11-19(21)23/h6-7,10-14H,2-5,8-9,15-16,22-23H2,1H3. The lowest BCUT2D eigenvalue weighted by molar-refractivity contribution is 0.297. The fraction of sp³-hybridized carbons (Fsp3) is 0.429. The second kappa shape index (κ2) is 10.5. The molecule has 136 valence electrons. The minimum absolute atomic E-state index is 0.706. The maximum atomic E-state index is 5.88. The molecule has 0 unspecified atom stereocenters. The van der Waals surface area contributed by atoms with Crippen molar-refractivity contribution >= 4 is 11.4 Å². The molecule has 0 spiro atoms. The second-order valence-electron chi connectivity index (χ2n) is 6.33. The number of ether oxygens (including phenoxy) is 2. The van der Waals surface area contributed by atoms with Crippen molar-refractivity contribution in [2.75, 3.05) is 24.7 Å². The summed E-state index contributed by atoms with van der Waals surface area (Å²) in [6, 6.07) is 13.4. The van der Waals surface area contributed by atoms with E-state index in [4.69, 9.17) is 20.9 Å². The summed E-state index contributed by atoms with van der Waals surface area (Å²) in [5.74, 6) is 1.69. The molecule has 0 aliphatic rings. The van der Waals surface area contributed by atoms with Crippen LogP contribution >= 0.6 is 0 Å². The average Bonchev–Trinajstić information content (AvgIpc) is 2.61. The molecule has 0 heterocycles. The number of para-hydroxylation sites is 2. The molecule has 2 aromatic rings. The molecule has 0 aromatic heterocycles. The van der Waals surface area contributed by atoms with E-state index in [-0.39, 0.29) is 0 Å². The van der Waals surface area contributed by atoms with Crippen molar-refractivity contribution in [3.8, 4) is 11.5 Å². The molecule has 0 atom stereocenters. The first-order chi connectivity index (χ1) is 12.2. The van der Waals surface area contributed by atoms with Crippen LogP contribution in [-0.4, -0.2) is 13.2 Å². The number of nitrogens with two attached hydrogens (primary N) is 2. The molecule has 0 bridgehead atoms. The highest BCUT2D eigenvalue weighted by molar-refractivity contribution is 5.53. The van der Waals surface area contributed by atoms with E-state index in [1.165, 1.54) is 25.7 Å². The third-order valence-corrected chi connectivity index (χ3v) is 4.30. The van der Waals surface area contributed by atoms with Crippen molar-refractivity contribution in [1.82, 2.24) is 0 Å².